The second-order valence-electron chi connectivity index (χ2n) is 33.0. The van der Waals surface area contributed by atoms with Crippen LogP contribution in [0.4, 0.5) is 5.69 Å². The van der Waals surface area contributed by atoms with Gasteiger partial charge in [-0.2, -0.15) is 0 Å². The Balaban J connectivity index is 0.718. The number of hydrogen-bond acceptors (Lipinski definition) is 6. The number of imide groups is 2. The smallest absolute Gasteiger partial charge is 0.266 e. The van der Waals surface area contributed by atoms with Gasteiger partial charge < -0.3 is 9.47 Å². The molecule has 16 aromatic rings. The third-order valence-corrected chi connectivity index (χ3v) is 23.8. The number of benzene rings is 16. The molecule has 2 heterocycles. The van der Waals surface area contributed by atoms with Crippen LogP contribution in [-0.2, 0) is 23.7 Å². The standard InChI is InChI=1S/C98H88N2O6/c1-12-13-14-17-23-56-31-41-68-67-30-22-28-65-57(32-42-69(83(65)67)66-29-21-27-64(56)82(66)68)24-18-15-16-19-51-99-93(101)76-49-45-72-70-43-47-74-86-75(48-44-71(84(70)86)73-46-50-77(94(99)102)87(76)85(72)73)90-81(106-61-39-35-59(36-40-61)98(9,10)11)53-79-88-78(52-80(89(74)91(88)90)105-60-37-33-58(34-38-60)97(6,7)8)95(103)100(96(79)104)92-62(54(2)3)25-20-26-63(92)55(4)5/h20-22,25-50,52-55H,12-19,23-24,51H2,1-11H3. The fraction of sp³-hybridized carbons (Fsp3) is 0.265. The van der Waals surface area contributed by atoms with Crippen molar-refractivity contribution in [2.75, 3.05) is 11.4 Å². The van der Waals surface area contributed by atoms with E-state index in [1.165, 1.54) is 89.7 Å². The van der Waals surface area contributed by atoms with Crippen molar-refractivity contribution < 1.29 is 28.7 Å². The van der Waals surface area contributed by atoms with Crippen LogP contribution >= 0.6 is 0 Å². The summed E-state index contributed by atoms with van der Waals surface area (Å²) in [5.41, 5.74) is 9.10. The molecular formula is C98H88N2O6. The van der Waals surface area contributed by atoms with E-state index in [-0.39, 0.29) is 34.5 Å². The zero-order valence-electron chi connectivity index (χ0n) is 62.7. The molecule has 4 amide bonds. The number of carbonyl (C=O) groups is 4. The Labute approximate surface area is 618 Å². The van der Waals surface area contributed by atoms with E-state index in [1.807, 2.05) is 66.7 Å². The van der Waals surface area contributed by atoms with Gasteiger partial charge in [0.1, 0.15) is 23.0 Å². The zero-order valence-corrected chi connectivity index (χ0v) is 62.7. The fourth-order valence-electron chi connectivity index (χ4n) is 18.4. The minimum Gasteiger partial charge on any atom is -0.457 e. The molecule has 0 fully saturated rings. The van der Waals surface area contributed by atoms with Crippen LogP contribution < -0.4 is 14.4 Å². The van der Waals surface area contributed by atoms with Gasteiger partial charge in [0.15, 0.2) is 0 Å². The third kappa shape index (κ3) is 10.3. The van der Waals surface area contributed by atoms with Gasteiger partial charge in [-0.25, -0.2) is 4.90 Å². The van der Waals surface area contributed by atoms with E-state index in [0.717, 1.165) is 114 Å². The van der Waals surface area contributed by atoms with E-state index in [4.69, 9.17) is 9.47 Å². The summed E-state index contributed by atoms with van der Waals surface area (Å²) in [5, 5.41) is 22.6. The van der Waals surface area contributed by atoms with Crippen LogP contribution in [0.15, 0.2) is 188 Å². The zero-order chi connectivity index (χ0) is 73.1. The monoisotopic (exact) mass is 1390 g/mol. The summed E-state index contributed by atoms with van der Waals surface area (Å²) >= 11 is 0. The number of aryl methyl sites for hydroxylation is 2. The first-order valence-electron chi connectivity index (χ1n) is 38.6. The van der Waals surface area contributed by atoms with Crippen LogP contribution in [-0.4, -0.2) is 35.1 Å². The second kappa shape index (κ2) is 25.1. The Morgan fingerprint density at radius 1 is 0.330 bits per heavy atom. The molecule has 0 bridgehead atoms. The Kier molecular flexibility index (Phi) is 15.9. The lowest BCUT2D eigenvalue weighted by Gasteiger charge is -2.33. The Morgan fingerprint density at radius 2 is 0.698 bits per heavy atom. The minimum absolute atomic E-state index is 0.00709. The molecule has 2 aliphatic heterocycles. The molecule has 526 valence electrons. The van der Waals surface area contributed by atoms with E-state index in [0.29, 0.717) is 80.1 Å². The number of anilines is 1. The topological polar surface area (TPSA) is 93.2 Å². The predicted molar refractivity (Wildman–Crippen MR) is 441 cm³/mol. The molecule has 18 rings (SSSR count). The molecule has 0 aromatic heterocycles. The van der Waals surface area contributed by atoms with Gasteiger partial charge in [-0.1, -0.05) is 248 Å². The van der Waals surface area contributed by atoms with E-state index in [9.17, 15) is 0 Å². The Hall–Kier alpha value is -11.0. The van der Waals surface area contributed by atoms with Crippen LogP contribution in [0.5, 0.6) is 23.0 Å². The molecular weight excluding hydrogens is 1300 g/mol. The first kappa shape index (κ1) is 67.0. The van der Waals surface area contributed by atoms with Crippen molar-refractivity contribution in [1.82, 2.24) is 4.90 Å². The quantitative estimate of drug-likeness (QED) is 0.0347. The van der Waals surface area contributed by atoms with Crippen molar-refractivity contribution in [3.63, 3.8) is 0 Å². The molecule has 0 N–H and O–H groups in total. The summed E-state index contributed by atoms with van der Waals surface area (Å²) in [6.07, 6.45) is 10.6. The van der Waals surface area contributed by atoms with Gasteiger partial charge in [-0.15, -0.1) is 0 Å². The third-order valence-electron chi connectivity index (χ3n) is 23.8. The number of para-hydroxylation sites is 1. The SMILES string of the molecule is CCCCCCc1ccc2c3cccc4c(CCCCCCN5C(=O)c6ccc7c8ccc9c%10c(Oc%11ccc(C(C)(C)C)cc%11)cc%11c%12c(cc(Oc%13ccc(C(C)(C)C)cc%13)c(c%13ccc(c%14ccc(c6c7%14)C5=O)c8c9%13)c%12%10)C(=O)N(c5c(C(C)C)cccc5C(C)C)C%11=O)ccc(c5cccc1c25)c43. The second-order valence-corrected chi connectivity index (χ2v) is 33.0. The molecule has 0 saturated carbocycles. The van der Waals surface area contributed by atoms with Crippen molar-refractivity contribution in [3.8, 4) is 23.0 Å². The van der Waals surface area contributed by atoms with Crippen molar-refractivity contribution in [3.05, 3.63) is 244 Å². The number of unbranched alkanes of at least 4 members (excludes halogenated alkanes) is 6. The predicted octanol–water partition coefficient (Wildman–Crippen LogP) is 26.4. The van der Waals surface area contributed by atoms with Crippen molar-refractivity contribution in [2.24, 2.45) is 0 Å². The van der Waals surface area contributed by atoms with Gasteiger partial charge in [0, 0.05) is 44.6 Å². The number of fused-ring (bicyclic) bond motifs is 6. The first-order valence-corrected chi connectivity index (χ1v) is 38.6. The number of ether oxygens (including phenoxy) is 2. The highest BCUT2D eigenvalue weighted by atomic mass is 16.5. The van der Waals surface area contributed by atoms with Gasteiger partial charge >= 0.3 is 0 Å². The maximum absolute atomic E-state index is 16.1. The van der Waals surface area contributed by atoms with Gasteiger partial charge in [-0.3, -0.25) is 24.1 Å². The summed E-state index contributed by atoms with van der Waals surface area (Å²) in [4.78, 5) is 65.1. The molecule has 16 aromatic carbocycles. The van der Waals surface area contributed by atoms with E-state index < -0.39 is 11.8 Å². The summed E-state index contributed by atoms with van der Waals surface area (Å²) in [6.45, 7) is 24.2. The molecule has 2 aliphatic rings. The summed E-state index contributed by atoms with van der Waals surface area (Å²) in [7, 11) is 0. The largest absolute Gasteiger partial charge is 0.457 e. The van der Waals surface area contributed by atoms with Gasteiger partial charge in [0.2, 0.25) is 0 Å². The number of hydrogen-bond donors (Lipinski definition) is 0. The van der Waals surface area contributed by atoms with E-state index >= 15 is 19.2 Å². The number of amides is 4. The Morgan fingerprint density at radius 3 is 1.15 bits per heavy atom. The van der Waals surface area contributed by atoms with E-state index in [2.05, 4.69) is 197 Å². The van der Waals surface area contributed by atoms with Gasteiger partial charge in [0.25, 0.3) is 23.6 Å². The van der Waals surface area contributed by atoms with Crippen LogP contribution in [0, 0.1) is 0 Å². The van der Waals surface area contributed by atoms with E-state index in [1.54, 1.807) is 0 Å². The molecule has 0 saturated heterocycles. The molecule has 0 unspecified atom stereocenters. The summed E-state index contributed by atoms with van der Waals surface area (Å²) in [6, 6.07) is 66.1. The van der Waals surface area contributed by atoms with Crippen LogP contribution in [0.25, 0.3) is 118 Å². The number of carbonyl (C=O) groups excluding carboxylic acids is 4. The highest BCUT2D eigenvalue weighted by Crippen LogP contribution is 2.56. The normalized spacial score (nSPS) is 13.9. The lowest BCUT2D eigenvalue weighted by Crippen LogP contribution is -2.42. The lowest BCUT2D eigenvalue weighted by molar-refractivity contribution is 0.0607. The highest BCUT2D eigenvalue weighted by molar-refractivity contribution is 6.48. The molecule has 0 aliphatic carbocycles. The molecule has 8 nitrogen and oxygen atoms in total. The summed E-state index contributed by atoms with van der Waals surface area (Å²) < 4.78 is 14.6. The maximum Gasteiger partial charge on any atom is 0.266 e. The van der Waals surface area contributed by atoms with Crippen LogP contribution in [0.1, 0.15) is 214 Å². The summed E-state index contributed by atoms with van der Waals surface area (Å²) in [5.74, 6) is 0.745. The fourth-order valence-corrected chi connectivity index (χ4v) is 18.4. The minimum atomic E-state index is -0.421. The average Bonchev–Trinajstić information content (AvgIpc) is 0.674. The number of rotatable bonds is 19. The lowest BCUT2D eigenvalue weighted by atomic mass is 9.80. The average molecular weight is 1390 g/mol. The van der Waals surface area contributed by atoms with Gasteiger partial charge in [0.05, 0.1) is 16.8 Å². The first-order chi connectivity index (χ1) is 51.2. The van der Waals surface area contributed by atoms with Crippen molar-refractivity contribution in [1.29, 1.82) is 0 Å². The molecule has 0 atom stereocenters. The maximum atomic E-state index is 16.1. The highest BCUT2D eigenvalue weighted by Gasteiger charge is 2.41. The molecule has 106 heavy (non-hydrogen) atoms. The van der Waals surface area contributed by atoms with Crippen molar-refractivity contribution in [2.45, 2.75) is 163 Å². The van der Waals surface area contributed by atoms with Crippen molar-refractivity contribution >= 4 is 148 Å². The number of nitrogens with zero attached hydrogens (tertiary/aromatic N) is 2. The van der Waals surface area contributed by atoms with Crippen LogP contribution in [0.3, 0.4) is 0 Å². The van der Waals surface area contributed by atoms with Crippen LogP contribution in [0.2, 0.25) is 0 Å². The van der Waals surface area contributed by atoms with Gasteiger partial charge in [-0.05, 0) is 228 Å². The molecule has 8 heteroatoms. The molecule has 0 radical (unpaired) electrons. The Bertz CT molecular complexity index is 6080. The molecule has 0 spiro atoms.